The van der Waals surface area contributed by atoms with E-state index in [0.29, 0.717) is 0 Å². The lowest BCUT2D eigenvalue weighted by molar-refractivity contribution is -0.143. The van der Waals surface area contributed by atoms with E-state index in [1.54, 1.807) is 25.7 Å². The predicted molar refractivity (Wildman–Crippen MR) is 145 cm³/mol. The number of nitrogens with one attached hydrogen (secondary N) is 2. The highest BCUT2D eigenvalue weighted by molar-refractivity contribution is 5.93. The molecule has 0 saturated heterocycles. The molecular weight excluding hydrogens is 466 g/mol. The maximum atomic E-state index is 14.3. The normalized spacial score (nSPS) is 15.0. The standard InChI is InChI=1S/C30H41N3O4/c1-19(2)31-27(34)26(24-17-20(3)13-14-21(24)4)33(23-15-16-23)28(35)25(18-22-11-9-8-10-12-22)32-29(36)37-30(5,6)7/h8-14,17,19,23,25-26H,15-16,18H2,1-7H3,(H,31,34)(H,32,36). The first kappa shape index (κ1) is 28.2. The van der Waals surface area contributed by atoms with E-state index in [9.17, 15) is 14.4 Å². The van der Waals surface area contributed by atoms with Crippen LogP contribution in [0.25, 0.3) is 0 Å². The minimum Gasteiger partial charge on any atom is -0.444 e. The van der Waals surface area contributed by atoms with E-state index in [2.05, 4.69) is 10.6 Å². The molecule has 0 heterocycles. The lowest BCUT2D eigenvalue weighted by Gasteiger charge is -2.36. The van der Waals surface area contributed by atoms with Gasteiger partial charge in [0.25, 0.3) is 0 Å². The van der Waals surface area contributed by atoms with Crippen LogP contribution in [0.3, 0.4) is 0 Å². The molecule has 37 heavy (non-hydrogen) atoms. The Morgan fingerprint density at radius 2 is 1.65 bits per heavy atom. The molecule has 0 bridgehead atoms. The highest BCUT2D eigenvalue weighted by Gasteiger charge is 2.44. The van der Waals surface area contributed by atoms with E-state index in [0.717, 1.165) is 35.1 Å². The Bertz CT molecular complexity index is 1100. The van der Waals surface area contributed by atoms with Crippen molar-refractivity contribution < 1.29 is 19.1 Å². The molecule has 0 aromatic heterocycles. The minimum atomic E-state index is -0.891. The second-order valence-corrected chi connectivity index (χ2v) is 11.3. The lowest BCUT2D eigenvalue weighted by Crippen LogP contribution is -2.55. The molecule has 2 unspecified atom stereocenters. The van der Waals surface area contributed by atoms with Crippen LogP contribution in [0, 0.1) is 13.8 Å². The van der Waals surface area contributed by atoms with Crippen LogP contribution in [0.5, 0.6) is 0 Å². The Morgan fingerprint density at radius 1 is 1.00 bits per heavy atom. The summed E-state index contributed by atoms with van der Waals surface area (Å²) in [6.07, 6.45) is 1.25. The monoisotopic (exact) mass is 507 g/mol. The molecule has 1 saturated carbocycles. The van der Waals surface area contributed by atoms with E-state index in [4.69, 9.17) is 4.74 Å². The maximum Gasteiger partial charge on any atom is 0.408 e. The summed E-state index contributed by atoms with van der Waals surface area (Å²) in [5, 5.41) is 5.83. The van der Waals surface area contributed by atoms with Crippen LogP contribution in [-0.2, 0) is 20.7 Å². The molecule has 1 fully saturated rings. The summed E-state index contributed by atoms with van der Waals surface area (Å²) in [4.78, 5) is 42.5. The Morgan fingerprint density at radius 3 is 2.22 bits per heavy atom. The number of hydrogen-bond acceptors (Lipinski definition) is 4. The van der Waals surface area contributed by atoms with Gasteiger partial charge < -0.3 is 20.3 Å². The van der Waals surface area contributed by atoms with Crippen molar-refractivity contribution >= 4 is 17.9 Å². The number of benzene rings is 2. The fourth-order valence-corrected chi connectivity index (χ4v) is 4.39. The maximum absolute atomic E-state index is 14.3. The Balaban J connectivity index is 2.03. The Labute approximate surface area is 221 Å². The minimum absolute atomic E-state index is 0.0750. The summed E-state index contributed by atoms with van der Waals surface area (Å²) in [6.45, 7) is 13.1. The van der Waals surface area contributed by atoms with E-state index < -0.39 is 23.8 Å². The summed E-state index contributed by atoms with van der Waals surface area (Å²) >= 11 is 0. The predicted octanol–water partition coefficient (Wildman–Crippen LogP) is 5.00. The van der Waals surface area contributed by atoms with E-state index in [1.165, 1.54) is 0 Å². The Hall–Kier alpha value is -3.35. The zero-order valence-electron chi connectivity index (χ0n) is 23.1. The van der Waals surface area contributed by atoms with E-state index in [-0.39, 0.29) is 30.3 Å². The van der Waals surface area contributed by atoms with Crippen molar-refractivity contribution in [1.82, 2.24) is 15.5 Å². The molecule has 0 aliphatic heterocycles. The molecule has 3 amide bonds. The quantitative estimate of drug-likeness (QED) is 0.500. The number of alkyl carbamates (subject to hydrolysis) is 1. The van der Waals surface area contributed by atoms with Crippen LogP contribution in [0.15, 0.2) is 48.5 Å². The van der Waals surface area contributed by atoms with Crippen LogP contribution in [-0.4, -0.2) is 46.5 Å². The Kier molecular flexibility index (Phi) is 9.00. The van der Waals surface area contributed by atoms with Crippen molar-refractivity contribution in [3.63, 3.8) is 0 Å². The molecule has 1 aliphatic rings. The fraction of sp³-hybridized carbons (Fsp3) is 0.500. The number of ether oxygens (including phenoxy) is 1. The average Bonchev–Trinajstić information content (AvgIpc) is 3.62. The largest absolute Gasteiger partial charge is 0.444 e. The molecule has 2 aromatic carbocycles. The van der Waals surface area contributed by atoms with E-state index >= 15 is 0 Å². The fourth-order valence-electron chi connectivity index (χ4n) is 4.39. The third-order valence-corrected chi connectivity index (χ3v) is 6.15. The summed E-state index contributed by atoms with van der Waals surface area (Å²) < 4.78 is 5.49. The van der Waals surface area contributed by atoms with Gasteiger partial charge in [0.1, 0.15) is 17.7 Å². The smallest absolute Gasteiger partial charge is 0.408 e. The average molecular weight is 508 g/mol. The van der Waals surface area contributed by atoms with Gasteiger partial charge >= 0.3 is 6.09 Å². The highest BCUT2D eigenvalue weighted by Crippen LogP contribution is 2.37. The van der Waals surface area contributed by atoms with Gasteiger partial charge in [0, 0.05) is 18.5 Å². The zero-order chi connectivity index (χ0) is 27.3. The molecular formula is C30H41N3O4. The SMILES string of the molecule is Cc1ccc(C)c(C(C(=O)NC(C)C)N(C(=O)C(Cc2ccccc2)NC(=O)OC(C)(C)C)C2CC2)c1. The van der Waals surface area contributed by atoms with Gasteiger partial charge in [0.05, 0.1) is 0 Å². The third kappa shape index (κ3) is 8.07. The second-order valence-electron chi connectivity index (χ2n) is 11.3. The number of amides is 3. The molecule has 7 heteroatoms. The number of aryl methyl sites for hydroxylation is 2. The molecule has 0 radical (unpaired) electrons. The van der Waals surface area contributed by atoms with Gasteiger partial charge in [-0.25, -0.2) is 4.79 Å². The molecule has 0 spiro atoms. The summed E-state index contributed by atoms with van der Waals surface area (Å²) in [5.74, 6) is -0.512. The zero-order valence-corrected chi connectivity index (χ0v) is 23.1. The van der Waals surface area contributed by atoms with Gasteiger partial charge in [-0.2, -0.15) is 0 Å². The van der Waals surface area contributed by atoms with Crippen molar-refractivity contribution in [1.29, 1.82) is 0 Å². The van der Waals surface area contributed by atoms with Gasteiger partial charge in [-0.3, -0.25) is 9.59 Å². The topological polar surface area (TPSA) is 87.7 Å². The number of hydrogen-bond donors (Lipinski definition) is 2. The first-order chi connectivity index (χ1) is 17.4. The molecule has 2 aromatic rings. The summed E-state index contributed by atoms with van der Waals surface area (Å²) in [6, 6.07) is 13.7. The lowest BCUT2D eigenvalue weighted by atomic mass is 9.95. The molecule has 2 N–H and O–H groups in total. The molecule has 7 nitrogen and oxygen atoms in total. The van der Waals surface area contributed by atoms with Crippen LogP contribution in [0.4, 0.5) is 4.79 Å². The number of carbonyl (C=O) groups excluding carboxylic acids is 3. The van der Waals surface area contributed by atoms with E-state index in [1.807, 2.05) is 76.2 Å². The van der Waals surface area contributed by atoms with Gasteiger partial charge in [-0.05, 0) is 78.0 Å². The van der Waals surface area contributed by atoms with Crippen LogP contribution in [0.2, 0.25) is 0 Å². The highest BCUT2D eigenvalue weighted by atomic mass is 16.6. The first-order valence-electron chi connectivity index (χ1n) is 13.1. The number of nitrogens with zero attached hydrogens (tertiary/aromatic N) is 1. The van der Waals surface area contributed by atoms with Gasteiger partial charge in [-0.15, -0.1) is 0 Å². The van der Waals surface area contributed by atoms with Gasteiger partial charge in [-0.1, -0.05) is 54.1 Å². The number of rotatable bonds is 9. The van der Waals surface area contributed by atoms with Gasteiger partial charge in [0.15, 0.2) is 0 Å². The van der Waals surface area contributed by atoms with Crippen LogP contribution < -0.4 is 10.6 Å². The molecule has 3 rings (SSSR count). The van der Waals surface area contributed by atoms with Crippen molar-refractivity contribution in [3.05, 3.63) is 70.8 Å². The van der Waals surface area contributed by atoms with Crippen LogP contribution >= 0.6 is 0 Å². The van der Waals surface area contributed by atoms with Crippen molar-refractivity contribution in [3.8, 4) is 0 Å². The molecule has 2 atom stereocenters. The van der Waals surface area contributed by atoms with Crippen LogP contribution in [0.1, 0.15) is 75.8 Å². The second kappa shape index (κ2) is 11.8. The third-order valence-electron chi connectivity index (χ3n) is 6.15. The first-order valence-corrected chi connectivity index (χ1v) is 13.1. The van der Waals surface area contributed by atoms with Gasteiger partial charge in [0.2, 0.25) is 11.8 Å². The molecule has 1 aliphatic carbocycles. The summed E-state index contributed by atoms with van der Waals surface area (Å²) in [5.41, 5.74) is 2.95. The van der Waals surface area contributed by atoms with Crippen molar-refractivity contribution in [2.75, 3.05) is 0 Å². The molecule has 200 valence electrons. The van der Waals surface area contributed by atoms with Crippen molar-refractivity contribution in [2.24, 2.45) is 0 Å². The van der Waals surface area contributed by atoms with Crippen molar-refractivity contribution in [2.45, 2.75) is 97.5 Å². The number of carbonyl (C=O) groups is 3. The summed E-state index contributed by atoms with van der Waals surface area (Å²) in [7, 11) is 0.